The van der Waals surface area contributed by atoms with E-state index in [1.54, 1.807) is 0 Å². The van der Waals surface area contributed by atoms with Crippen LogP contribution in [-0.4, -0.2) is 23.3 Å². The van der Waals surface area contributed by atoms with E-state index in [1.165, 1.54) is 5.56 Å². The minimum atomic E-state index is -1.28. The van der Waals surface area contributed by atoms with Crippen molar-refractivity contribution in [1.29, 1.82) is 0 Å². The van der Waals surface area contributed by atoms with E-state index in [0.717, 1.165) is 15.6 Å². The van der Waals surface area contributed by atoms with Gasteiger partial charge in [0.1, 0.15) is 0 Å². The Hall–Kier alpha value is -0.420. The molecule has 0 radical (unpaired) electrons. The predicted molar refractivity (Wildman–Crippen MR) is 80.1 cm³/mol. The van der Waals surface area contributed by atoms with Crippen molar-refractivity contribution in [2.24, 2.45) is 0 Å². The molecule has 106 valence electrons. The number of aliphatic hydroxyl groups is 1. The second kappa shape index (κ2) is 4.85. The van der Waals surface area contributed by atoms with E-state index in [-0.39, 0.29) is 11.6 Å². The lowest BCUT2D eigenvalue weighted by atomic mass is 9.91. The first-order chi connectivity index (χ1) is 8.66. The van der Waals surface area contributed by atoms with Gasteiger partial charge in [0.2, 0.25) is 5.79 Å². The lowest BCUT2D eigenvalue weighted by molar-refractivity contribution is -0.263. The minimum absolute atomic E-state index is 0.122. The molecule has 3 nitrogen and oxygen atoms in total. The monoisotopic (exact) mass is 327 g/mol. The van der Waals surface area contributed by atoms with Crippen LogP contribution in [0.3, 0.4) is 0 Å². The van der Waals surface area contributed by atoms with E-state index >= 15 is 0 Å². The van der Waals surface area contributed by atoms with Gasteiger partial charge in [0.05, 0.1) is 12.6 Å². The maximum Gasteiger partial charge on any atom is 0.208 e. The van der Waals surface area contributed by atoms with Crippen LogP contribution in [0.25, 0.3) is 0 Å². The molecule has 1 aromatic carbocycles. The molecule has 0 saturated carbocycles. The molecule has 0 amide bonds. The number of benzene rings is 1. The van der Waals surface area contributed by atoms with Gasteiger partial charge in [0, 0.05) is 15.6 Å². The molecule has 2 N–H and O–H groups in total. The second-order valence-corrected chi connectivity index (χ2v) is 6.99. The summed E-state index contributed by atoms with van der Waals surface area (Å²) in [7, 11) is 0. The number of aryl methyl sites for hydroxylation is 1. The van der Waals surface area contributed by atoms with Crippen molar-refractivity contribution < 1.29 is 9.84 Å². The van der Waals surface area contributed by atoms with E-state index in [4.69, 9.17) is 4.74 Å². The third-order valence-electron chi connectivity index (χ3n) is 3.86. The first-order valence-electron chi connectivity index (χ1n) is 6.57. The molecule has 2 unspecified atom stereocenters. The molecule has 1 aliphatic rings. The molecule has 2 atom stereocenters. The van der Waals surface area contributed by atoms with Gasteiger partial charge in [-0.05, 0) is 51.8 Å². The zero-order valence-electron chi connectivity index (χ0n) is 12.2. The number of halogens is 1. The van der Waals surface area contributed by atoms with Crippen molar-refractivity contribution in [3.05, 3.63) is 33.3 Å². The summed E-state index contributed by atoms with van der Waals surface area (Å²) in [5.74, 6) is -1.28. The Balaban J connectivity index is 2.41. The van der Waals surface area contributed by atoms with Gasteiger partial charge >= 0.3 is 0 Å². The van der Waals surface area contributed by atoms with Crippen molar-refractivity contribution in [1.82, 2.24) is 5.32 Å². The van der Waals surface area contributed by atoms with Gasteiger partial charge in [0.25, 0.3) is 0 Å². The Morgan fingerprint density at radius 3 is 2.53 bits per heavy atom. The van der Waals surface area contributed by atoms with Gasteiger partial charge < -0.3 is 15.2 Å². The van der Waals surface area contributed by atoms with E-state index in [1.807, 2.05) is 26.0 Å². The molecule has 1 aliphatic heterocycles. The lowest BCUT2D eigenvalue weighted by Gasteiger charge is -2.46. The van der Waals surface area contributed by atoms with Crippen LogP contribution in [0.2, 0.25) is 0 Å². The number of hydrogen-bond acceptors (Lipinski definition) is 3. The molecular weight excluding hydrogens is 306 g/mol. The smallest absolute Gasteiger partial charge is 0.208 e. The highest BCUT2D eigenvalue weighted by Crippen LogP contribution is 2.35. The average molecular weight is 328 g/mol. The Morgan fingerprint density at radius 2 is 2.00 bits per heavy atom. The molecule has 1 fully saturated rings. The average Bonchev–Trinajstić information content (AvgIpc) is 2.30. The molecule has 1 aromatic rings. The van der Waals surface area contributed by atoms with Gasteiger partial charge in [-0.3, -0.25) is 0 Å². The highest BCUT2D eigenvalue weighted by molar-refractivity contribution is 9.10. The van der Waals surface area contributed by atoms with Crippen molar-refractivity contribution in [3.63, 3.8) is 0 Å². The first kappa shape index (κ1) is 15.0. The fourth-order valence-electron chi connectivity index (χ4n) is 2.50. The highest BCUT2D eigenvalue weighted by atomic mass is 79.9. The molecule has 0 spiro atoms. The molecule has 0 bridgehead atoms. The lowest BCUT2D eigenvalue weighted by Crippen LogP contribution is -2.63. The van der Waals surface area contributed by atoms with Crippen LogP contribution in [0.1, 0.15) is 37.5 Å². The summed E-state index contributed by atoms with van der Waals surface area (Å²) in [6.07, 6.45) is 0. The van der Waals surface area contributed by atoms with Gasteiger partial charge in [-0.2, -0.15) is 0 Å². The van der Waals surface area contributed by atoms with Crippen LogP contribution in [0, 0.1) is 13.8 Å². The SMILES string of the molecule is Cc1cc(C2(O)OCC(C)(C)NC2C)cc(Br)c1C. The van der Waals surface area contributed by atoms with Crippen LogP contribution in [0.15, 0.2) is 16.6 Å². The summed E-state index contributed by atoms with van der Waals surface area (Å²) < 4.78 is 6.80. The summed E-state index contributed by atoms with van der Waals surface area (Å²) in [4.78, 5) is 0. The molecule has 19 heavy (non-hydrogen) atoms. The van der Waals surface area contributed by atoms with Crippen molar-refractivity contribution >= 4 is 15.9 Å². The summed E-state index contributed by atoms with van der Waals surface area (Å²) in [5.41, 5.74) is 2.99. The van der Waals surface area contributed by atoms with Gasteiger partial charge in [-0.25, -0.2) is 0 Å². The van der Waals surface area contributed by atoms with Gasteiger partial charge in [-0.15, -0.1) is 0 Å². The molecule has 0 aliphatic carbocycles. The molecule has 2 rings (SSSR count). The molecule has 0 aromatic heterocycles. The van der Waals surface area contributed by atoms with Crippen LogP contribution < -0.4 is 5.32 Å². The van der Waals surface area contributed by atoms with Crippen LogP contribution in [-0.2, 0) is 10.5 Å². The van der Waals surface area contributed by atoms with E-state index < -0.39 is 5.79 Å². The summed E-state index contributed by atoms with van der Waals surface area (Å²) in [5, 5.41) is 14.3. The first-order valence-corrected chi connectivity index (χ1v) is 7.36. The molecule has 4 heteroatoms. The Bertz CT molecular complexity index is 478. The summed E-state index contributed by atoms with van der Waals surface area (Å²) in [6, 6.07) is 3.76. The molecular formula is C15H22BrNO2. The normalized spacial score (nSPS) is 30.4. The van der Waals surface area contributed by atoms with Crippen LogP contribution in [0.5, 0.6) is 0 Å². The number of morpholine rings is 1. The van der Waals surface area contributed by atoms with Crippen molar-refractivity contribution in [2.75, 3.05) is 6.61 Å². The predicted octanol–water partition coefficient (Wildman–Crippen LogP) is 3.00. The Morgan fingerprint density at radius 1 is 1.37 bits per heavy atom. The van der Waals surface area contributed by atoms with E-state index in [9.17, 15) is 5.11 Å². The fourth-order valence-corrected chi connectivity index (χ4v) is 3.06. The zero-order chi connectivity index (χ0) is 14.4. The topological polar surface area (TPSA) is 41.5 Å². The van der Waals surface area contributed by atoms with Crippen LogP contribution >= 0.6 is 15.9 Å². The van der Waals surface area contributed by atoms with Crippen molar-refractivity contribution in [2.45, 2.75) is 52.0 Å². The van der Waals surface area contributed by atoms with Crippen LogP contribution in [0.4, 0.5) is 0 Å². The Kier molecular flexibility index (Phi) is 3.82. The zero-order valence-corrected chi connectivity index (χ0v) is 13.8. The Labute approximate surface area is 123 Å². The minimum Gasteiger partial charge on any atom is -0.361 e. The number of rotatable bonds is 1. The van der Waals surface area contributed by atoms with Crippen molar-refractivity contribution in [3.8, 4) is 0 Å². The maximum absolute atomic E-state index is 10.9. The fraction of sp³-hybridized carbons (Fsp3) is 0.600. The van der Waals surface area contributed by atoms with Gasteiger partial charge in [0.15, 0.2) is 0 Å². The number of hydrogen-bond donors (Lipinski definition) is 2. The highest BCUT2D eigenvalue weighted by Gasteiger charge is 2.45. The largest absolute Gasteiger partial charge is 0.361 e. The number of nitrogens with one attached hydrogen (secondary N) is 1. The third kappa shape index (κ3) is 2.72. The summed E-state index contributed by atoms with van der Waals surface area (Å²) >= 11 is 3.54. The quantitative estimate of drug-likeness (QED) is 0.833. The second-order valence-electron chi connectivity index (χ2n) is 6.13. The standard InChI is InChI=1S/C15H22BrNO2/c1-9-6-12(7-13(16)10(9)2)15(18)11(3)17-14(4,5)8-19-15/h6-7,11,17-18H,8H2,1-5H3. The number of ether oxygens (including phenoxy) is 1. The summed E-state index contributed by atoms with van der Waals surface area (Å²) in [6.45, 7) is 10.7. The van der Waals surface area contributed by atoms with E-state index in [2.05, 4.69) is 42.0 Å². The molecule has 1 saturated heterocycles. The maximum atomic E-state index is 10.9. The third-order valence-corrected chi connectivity index (χ3v) is 4.69. The van der Waals surface area contributed by atoms with E-state index in [0.29, 0.717) is 6.61 Å². The molecule has 1 heterocycles. The van der Waals surface area contributed by atoms with Gasteiger partial charge in [-0.1, -0.05) is 22.0 Å².